The number of hydrogen-bond acceptors (Lipinski definition) is 1. The lowest BCUT2D eigenvalue weighted by molar-refractivity contribution is -0.00474. The van der Waals surface area contributed by atoms with Gasteiger partial charge in [0.2, 0.25) is 0 Å². The predicted molar refractivity (Wildman–Crippen MR) is 85.2 cm³/mol. The molecule has 0 aromatic carbocycles. The summed E-state index contributed by atoms with van der Waals surface area (Å²) in [6.07, 6.45) is 13.9. The Labute approximate surface area is 120 Å². The van der Waals surface area contributed by atoms with Gasteiger partial charge in [-0.3, -0.25) is 0 Å². The van der Waals surface area contributed by atoms with E-state index in [0.29, 0.717) is 0 Å². The minimum Gasteiger partial charge on any atom is -0.376 e. The van der Waals surface area contributed by atoms with Crippen molar-refractivity contribution in [2.24, 2.45) is 0 Å². The lowest BCUT2D eigenvalue weighted by Crippen LogP contribution is -2.19. The standard InChI is InChI=1S/C18H32O/c1-5-6-7-8-9-10-11-12-13-14-15-16-17-19-18(2,3)4/h9-10H,5-6,11-17H2,1-4H3/b10-9+. The molecular weight excluding hydrogens is 232 g/mol. The molecule has 0 saturated carbocycles. The Morgan fingerprint density at radius 3 is 2.37 bits per heavy atom. The van der Waals surface area contributed by atoms with Crippen LogP contribution in [0.1, 0.15) is 79.1 Å². The number of allylic oxidation sites excluding steroid dienone is 2. The Kier molecular flexibility index (Phi) is 11.8. The van der Waals surface area contributed by atoms with Crippen molar-refractivity contribution in [2.75, 3.05) is 6.61 Å². The van der Waals surface area contributed by atoms with Crippen molar-refractivity contribution >= 4 is 0 Å². The first-order chi connectivity index (χ1) is 9.06. The average Bonchev–Trinajstić information content (AvgIpc) is 2.34. The van der Waals surface area contributed by atoms with Gasteiger partial charge in [-0.1, -0.05) is 44.1 Å². The van der Waals surface area contributed by atoms with Gasteiger partial charge in [0.05, 0.1) is 5.60 Å². The van der Waals surface area contributed by atoms with Gasteiger partial charge < -0.3 is 4.74 Å². The highest BCUT2D eigenvalue weighted by molar-refractivity contribution is 5.14. The molecule has 0 aliphatic carbocycles. The maximum atomic E-state index is 5.69. The van der Waals surface area contributed by atoms with Crippen LogP contribution >= 0.6 is 0 Å². The topological polar surface area (TPSA) is 9.23 Å². The summed E-state index contributed by atoms with van der Waals surface area (Å²) in [6, 6.07) is 0. The molecule has 1 heteroatoms. The molecule has 0 saturated heterocycles. The van der Waals surface area contributed by atoms with Gasteiger partial charge in [-0.05, 0) is 52.5 Å². The molecule has 0 fully saturated rings. The van der Waals surface area contributed by atoms with Crippen LogP contribution in [0.15, 0.2) is 12.2 Å². The van der Waals surface area contributed by atoms with Gasteiger partial charge in [0.25, 0.3) is 0 Å². The summed E-state index contributed by atoms with van der Waals surface area (Å²) in [5, 5.41) is 0. The highest BCUT2D eigenvalue weighted by Gasteiger charge is 2.08. The first-order valence-corrected chi connectivity index (χ1v) is 7.83. The fourth-order valence-corrected chi connectivity index (χ4v) is 1.67. The van der Waals surface area contributed by atoms with Crippen LogP contribution in [-0.2, 0) is 4.74 Å². The maximum Gasteiger partial charge on any atom is 0.0598 e. The Hall–Kier alpha value is -0.740. The molecule has 0 aromatic heterocycles. The summed E-state index contributed by atoms with van der Waals surface area (Å²) >= 11 is 0. The molecule has 0 unspecified atom stereocenters. The van der Waals surface area contributed by atoms with E-state index in [1.54, 1.807) is 0 Å². The van der Waals surface area contributed by atoms with Gasteiger partial charge in [0.15, 0.2) is 0 Å². The quantitative estimate of drug-likeness (QED) is 0.394. The van der Waals surface area contributed by atoms with Gasteiger partial charge in [0.1, 0.15) is 0 Å². The summed E-state index contributed by atoms with van der Waals surface area (Å²) in [7, 11) is 0. The summed E-state index contributed by atoms with van der Waals surface area (Å²) < 4.78 is 5.69. The molecule has 19 heavy (non-hydrogen) atoms. The SMILES string of the molecule is CCCC#C/C=C/CCCCCCCOC(C)(C)C. The van der Waals surface area contributed by atoms with Crippen molar-refractivity contribution in [3.63, 3.8) is 0 Å². The fraction of sp³-hybridized carbons (Fsp3) is 0.778. The van der Waals surface area contributed by atoms with Crippen LogP contribution in [-0.4, -0.2) is 12.2 Å². The molecule has 0 spiro atoms. The van der Waals surface area contributed by atoms with Crippen LogP contribution < -0.4 is 0 Å². The molecule has 0 aliphatic heterocycles. The molecule has 0 amide bonds. The Bertz CT molecular complexity index is 272. The van der Waals surface area contributed by atoms with Gasteiger partial charge >= 0.3 is 0 Å². The third-order valence-corrected chi connectivity index (χ3v) is 2.73. The van der Waals surface area contributed by atoms with E-state index in [1.165, 1.54) is 38.5 Å². The minimum absolute atomic E-state index is 0.0175. The summed E-state index contributed by atoms with van der Waals surface area (Å²) in [4.78, 5) is 0. The number of unbranched alkanes of at least 4 members (excludes halogenated alkanes) is 6. The van der Waals surface area contributed by atoms with E-state index in [1.807, 2.05) is 6.08 Å². The second-order valence-corrected chi connectivity index (χ2v) is 5.99. The van der Waals surface area contributed by atoms with Crippen LogP contribution in [0.4, 0.5) is 0 Å². The van der Waals surface area contributed by atoms with E-state index in [2.05, 4.69) is 45.6 Å². The number of ether oxygens (including phenoxy) is 1. The van der Waals surface area contributed by atoms with Crippen LogP contribution in [0.3, 0.4) is 0 Å². The van der Waals surface area contributed by atoms with E-state index in [9.17, 15) is 0 Å². The molecule has 0 aliphatic rings. The van der Waals surface area contributed by atoms with E-state index in [-0.39, 0.29) is 5.60 Å². The summed E-state index contributed by atoms with van der Waals surface area (Å²) in [5.74, 6) is 6.19. The van der Waals surface area contributed by atoms with E-state index >= 15 is 0 Å². The second kappa shape index (κ2) is 12.3. The molecular formula is C18H32O. The zero-order valence-corrected chi connectivity index (χ0v) is 13.4. The monoisotopic (exact) mass is 264 g/mol. The summed E-state index contributed by atoms with van der Waals surface area (Å²) in [5.41, 5.74) is 0.0175. The molecule has 110 valence electrons. The number of hydrogen-bond donors (Lipinski definition) is 0. The van der Waals surface area contributed by atoms with Crippen molar-refractivity contribution in [1.82, 2.24) is 0 Å². The lowest BCUT2D eigenvalue weighted by Gasteiger charge is -2.19. The summed E-state index contributed by atoms with van der Waals surface area (Å²) in [6.45, 7) is 9.40. The maximum absolute atomic E-state index is 5.69. The van der Waals surface area contributed by atoms with Crippen molar-refractivity contribution < 1.29 is 4.74 Å². The van der Waals surface area contributed by atoms with Gasteiger partial charge in [-0.2, -0.15) is 0 Å². The van der Waals surface area contributed by atoms with Crippen LogP contribution in [0.2, 0.25) is 0 Å². The number of rotatable bonds is 9. The highest BCUT2D eigenvalue weighted by Crippen LogP contribution is 2.10. The molecule has 0 radical (unpaired) electrons. The molecule has 0 atom stereocenters. The molecule has 0 heterocycles. The highest BCUT2D eigenvalue weighted by atomic mass is 16.5. The molecule has 0 aromatic rings. The Morgan fingerprint density at radius 1 is 1.00 bits per heavy atom. The molecule has 1 nitrogen and oxygen atoms in total. The fourth-order valence-electron chi connectivity index (χ4n) is 1.67. The van der Waals surface area contributed by atoms with E-state index in [4.69, 9.17) is 4.74 Å². The normalized spacial score (nSPS) is 11.6. The Morgan fingerprint density at radius 2 is 1.68 bits per heavy atom. The third kappa shape index (κ3) is 17.3. The zero-order chi connectivity index (χ0) is 14.4. The third-order valence-electron chi connectivity index (χ3n) is 2.73. The average molecular weight is 264 g/mol. The minimum atomic E-state index is 0.0175. The van der Waals surface area contributed by atoms with Crippen LogP contribution in [0.5, 0.6) is 0 Å². The van der Waals surface area contributed by atoms with E-state index < -0.39 is 0 Å². The molecule has 0 N–H and O–H groups in total. The van der Waals surface area contributed by atoms with Crippen molar-refractivity contribution in [3.8, 4) is 11.8 Å². The van der Waals surface area contributed by atoms with Gasteiger partial charge in [-0.15, -0.1) is 0 Å². The second-order valence-electron chi connectivity index (χ2n) is 5.99. The van der Waals surface area contributed by atoms with Crippen molar-refractivity contribution in [3.05, 3.63) is 12.2 Å². The van der Waals surface area contributed by atoms with Crippen LogP contribution in [0, 0.1) is 11.8 Å². The molecule has 0 rings (SSSR count). The van der Waals surface area contributed by atoms with Crippen LogP contribution in [0.25, 0.3) is 0 Å². The smallest absolute Gasteiger partial charge is 0.0598 e. The van der Waals surface area contributed by atoms with Crippen molar-refractivity contribution in [1.29, 1.82) is 0 Å². The van der Waals surface area contributed by atoms with Gasteiger partial charge in [-0.25, -0.2) is 0 Å². The first-order valence-electron chi connectivity index (χ1n) is 7.83. The largest absolute Gasteiger partial charge is 0.376 e. The lowest BCUT2D eigenvalue weighted by atomic mass is 10.1. The van der Waals surface area contributed by atoms with Crippen molar-refractivity contribution in [2.45, 2.75) is 84.7 Å². The van der Waals surface area contributed by atoms with E-state index in [0.717, 1.165) is 19.4 Å². The van der Waals surface area contributed by atoms with Gasteiger partial charge in [0, 0.05) is 13.0 Å². The molecule has 0 bridgehead atoms. The Balaban J connectivity index is 3.22. The first kappa shape index (κ1) is 18.3. The zero-order valence-electron chi connectivity index (χ0n) is 13.4. The predicted octanol–water partition coefficient (Wildman–Crippen LogP) is 5.50.